The summed E-state index contributed by atoms with van der Waals surface area (Å²) in [6.45, 7) is 2.75. The number of fused-ring (bicyclic) bond motifs is 2. The molecule has 3 aromatic rings. The van der Waals surface area contributed by atoms with Crippen LogP contribution in [0.25, 0.3) is 21.3 Å². The third-order valence-electron chi connectivity index (χ3n) is 2.78. The van der Waals surface area contributed by atoms with Gasteiger partial charge in [-0.25, -0.2) is 9.97 Å². The van der Waals surface area contributed by atoms with E-state index < -0.39 is 18.0 Å². The summed E-state index contributed by atoms with van der Waals surface area (Å²) in [6, 6.07) is 3.61. The first-order valence-electron chi connectivity index (χ1n) is 6.15. The van der Waals surface area contributed by atoms with Crippen LogP contribution in [0.4, 0.5) is 5.13 Å². The lowest BCUT2D eigenvalue weighted by Crippen LogP contribution is -2.29. The summed E-state index contributed by atoms with van der Waals surface area (Å²) >= 11 is 1.31. The molecule has 0 saturated carbocycles. The van der Waals surface area contributed by atoms with E-state index in [0.717, 1.165) is 10.2 Å². The molecule has 1 atom stereocenters. The van der Waals surface area contributed by atoms with E-state index in [2.05, 4.69) is 15.3 Å². The van der Waals surface area contributed by atoms with Crippen molar-refractivity contribution in [1.29, 1.82) is 0 Å². The monoisotopic (exact) mass is 305 g/mol. The molecule has 0 bridgehead atoms. The summed E-state index contributed by atoms with van der Waals surface area (Å²) in [7, 11) is 0. The first-order chi connectivity index (χ1) is 10.0. The van der Waals surface area contributed by atoms with E-state index in [1.54, 1.807) is 6.07 Å². The first kappa shape index (κ1) is 13.5. The van der Waals surface area contributed by atoms with Gasteiger partial charge in [0.15, 0.2) is 23.2 Å². The predicted octanol–water partition coefficient (Wildman–Crippen LogP) is 2.33. The molecule has 0 aliphatic rings. The van der Waals surface area contributed by atoms with Gasteiger partial charge >= 0.3 is 5.97 Å². The van der Waals surface area contributed by atoms with Crippen LogP contribution in [-0.4, -0.2) is 27.9 Å². The Labute approximate surface area is 122 Å². The number of carbonyl (C=O) groups excluding carboxylic acids is 2. The van der Waals surface area contributed by atoms with Crippen molar-refractivity contribution in [3.8, 4) is 0 Å². The summed E-state index contributed by atoms with van der Waals surface area (Å²) in [5.41, 5.74) is 2.08. The minimum atomic E-state index is -0.868. The van der Waals surface area contributed by atoms with Gasteiger partial charge in [0.1, 0.15) is 5.52 Å². The lowest BCUT2D eigenvalue weighted by Gasteiger charge is -2.10. The third-order valence-corrected chi connectivity index (χ3v) is 3.72. The molecule has 1 N–H and O–H groups in total. The van der Waals surface area contributed by atoms with E-state index in [-0.39, 0.29) is 0 Å². The van der Waals surface area contributed by atoms with E-state index in [4.69, 9.17) is 9.15 Å². The largest absolute Gasteiger partial charge is 0.453 e. The van der Waals surface area contributed by atoms with E-state index in [9.17, 15) is 9.59 Å². The van der Waals surface area contributed by atoms with Crippen molar-refractivity contribution in [3.05, 3.63) is 18.5 Å². The van der Waals surface area contributed by atoms with Crippen LogP contribution in [0, 0.1) is 0 Å². The summed E-state index contributed by atoms with van der Waals surface area (Å²) < 4.78 is 10.9. The number of nitrogens with one attached hydrogen (secondary N) is 1. The number of oxazole rings is 1. The topological polar surface area (TPSA) is 94.3 Å². The second-order valence-electron chi connectivity index (χ2n) is 4.40. The molecule has 0 radical (unpaired) electrons. The number of nitrogens with zero attached hydrogens (tertiary/aromatic N) is 2. The maximum Gasteiger partial charge on any atom is 0.303 e. The van der Waals surface area contributed by atoms with Crippen molar-refractivity contribution in [2.75, 3.05) is 5.32 Å². The van der Waals surface area contributed by atoms with Crippen LogP contribution in [0.1, 0.15) is 13.8 Å². The van der Waals surface area contributed by atoms with Gasteiger partial charge in [0.2, 0.25) is 0 Å². The molecule has 0 spiro atoms. The molecule has 8 heteroatoms. The number of carbonyl (C=O) groups is 2. The molecule has 21 heavy (non-hydrogen) atoms. The highest BCUT2D eigenvalue weighted by molar-refractivity contribution is 7.22. The lowest BCUT2D eigenvalue weighted by atomic mass is 10.3. The molecule has 1 amide bonds. The Morgan fingerprint density at radius 3 is 2.95 bits per heavy atom. The highest BCUT2D eigenvalue weighted by Gasteiger charge is 2.17. The number of hydrogen-bond acceptors (Lipinski definition) is 7. The van der Waals surface area contributed by atoms with Gasteiger partial charge in [0, 0.05) is 13.0 Å². The summed E-state index contributed by atoms with van der Waals surface area (Å²) in [5, 5.41) is 3.06. The molecular weight excluding hydrogens is 294 g/mol. The Hall–Kier alpha value is -2.48. The van der Waals surface area contributed by atoms with Crippen molar-refractivity contribution >= 4 is 49.7 Å². The zero-order valence-electron chi connectivity index (χ0n) is 11.2. The molecule has 1 aromatic carbocycles. The Bertz CT molecular complexity index is 790. The predicted molar refractivity (Wildman–Crippen MR) is 77.0 cm³/mol. The number of thiazole rings is 1. The molecule has 0 saturated heterocycles. The quantitative estimate of drug-likeness (QED) is 0.746. The highest BCUT2D eigenvalue weighted by atomic mass is 32.1. The second-order valence-corrected chi connectivity index (χ2v) is 5.43. The van der Waals surface area contributed by atoms with Gasteiger partial charge in [-0.15, -0.1) is 0 Å². The van der Waals surface area contributed by atoms with Crippen LogP contribution < -0.4 is 5.32 Å². The molecular formula is C13H11N3O4S. The minimum absolute atomic E-state index is 0.425. The maximum absolute atomic E-state index is 11.9. The number of ether oxygens (including phenoxy) is 1. The maximum atomic E-state index is 11.9. The average molecular weight is 305 g/mol. The molecule has 2 heterocycles. The van der Waals surface area contributed by atoms with Crippen LogP contribution in [0.5, 0.6) is 0 Å². The molecule has 0 aliphatic heterocycles. The van der Waals surface area contributed by atoms with Crippen LogP contribution in [0.3, 0.4) is 0 Å². The number of anilines is 1. The van der Waals surface area contributed by atoms with Crippen molar-refractivity contribution in [2.45, 2.75) is 20.0 Å². The molecule has 108 valence electrons. The number of esters is 1. The zero-order valence-corrected chi connectivity index (χ0v) is 12.1. The fourth-order valence-electron chi connectivity index (χ4n) is 1.84. The molecule has 2 aromatic heterocycles. The van der Waals surface area contributed by atoms with E-state index in [1.165, 1.54) is 31.6 Å². The van der Waals surface area contributed by atoms with Gasteiger partial charge in [-0.3, -0.25) is 14.9 Å². The highest BCUT2D eigenvalue weighted by Crippen LogP contribution is 2.29. The van der Waals surface area contributed by atoms with E-state index in [0.29, 0.717) is 16.2 Å². The Morgan fingerprint density at radius 1 is 1.38 bits per heavy atom. The van der Waals surface area contributed by atoms with Gasteiger partial charge in [0.25, 0.3) is 5.91 Å². The van der Waals surface area contributed by atoms with Gasteiger partial charge in [-0.2, -0.15) is 0 Å². The number of amides is 1. The summed E-state index contributed by atoms with van der Waals surface area (Å²) in [4.78, 5) is 31.0. The fraction of sp³-hybridized carbons (Fsp3) is 0.231. The van der Waals surface area contributed by atoms with E-state index >= 15 is 0 Å². The van der Waals surface area contributed by atoms with Crippen molar-refractivity contribution in [1.82, 2.24) is 9.97 Å². The van der Waals surface area contributed by atoms with Crippen molar-refractivity contribution in [2.24, 2.45) is 0 Å². The Kier molecular flexibility index (Phi) is 3.30. The van der Waals surface area contributed by atoms with Crippen LogP contribution >= 0.6 is 11.3 Å². The normalized spacial score (nSPS) is 12.5. The Morgan fingerprint density at radius 2 is 2.19 bits per heavy atom. The van der Waals surface area contributed by atoms with Crippen molar-refractivity contribution in [3.63, 3.8) is 0 Å². The number of benzene rings is 1. The van der Waals surface area contributed by atoms with Crippen LogP contribution in [0.2, 0.25) is 0 Å². The van der Waals surface area contributed by atoms with Gasteiger partial charge < -0.3 is 9.15 Å². The van der Waals surface area contributed by atoms with Crippen LogP contribution in [0.15, 0.2) is 22.9 Å². The molecule has 7 nitrogen and oxygen atoms in total. The number of aromatic nitrogens is 2. The second kappa shape index (κ2) is 5.13. The molecule has 0 fully saturated rings. The number of hydrogen-bond donors (Lipinski definition) is 1. The minimum Gasteiger partial charge on any atom is -0.453 e. The molecule has 0 aliphatic carbocycles. The van der Waals surface area contributed by atoms with Crippen molar-refractivity contribution < 1.29 is 18.7 Å². The van der Waals surface area contributed by atoms with E-state index in [1.807, 2.05) is 6.07 Å². The zero-order chi connectivity index (χ0) is 15.0. The third kappa shape index (κ3) is 2.70. The summed E-state index contributed by atoms with van der Waals surface area (Å²) in [5.74, 6) is -0.931. The SMILES string of the molecule is CC(=O)O[C@H](C)C(=O)Nc1nc2cc3ocnc3cc2s1. The van der Waals surface area contributed by atoms with Gasteiger partial charge in [-0.1, -0.05) is 11.3 Å². The standard InChI is InChI=1S/C13H11N3O4S/c1-6(20-7(2)17)12(18)16-13-15-9-3-10-8(14-5-19-10)4-11(9)21-13/h3-6H,1-2H3,(H,15,16,18)/t6-/m1/s1. The molecule has 3 rings (SSSR count). The van der Waals surface area contributed by atoms with Crippen LogP contribution in [-0.2, 0) is 14.3 Å². The van der Waals surface area contributed by atoms with Gasteiger partial charge in [0.05, 0.1) is 10.2 Å². The number of rotatable bonds is 3. The average Bonchev–Trinajstić information content (AvgIpc) is 2.99. The summed E-state index contributed by atoms with van der Waals surface area (Å²) in [6.07, 6.45) is 0.505. The fourth-order valence-corrected chi connectivity index (χ4v) is 2.73. The Balaban J connectivity index is 1.84. The smallest absolute Gasteiger partial charge is 0.303 e. The first-order valence-corrected chi connectivity index (χ1v) is 6.96. The van der Waals surface area contributed by atoms with Gasteiger partial charge in [-0.05, 0) is 13.0 Å². The molecule has 0 unspecified atom stereocenters. The lowest BCUT2D eigenvalue weighted by molar-refractivity contribution is -0.150.